The third kappa shape index (κ3) is 4.18. The number of carbonyl (C=O) groups excluding carboxylic acids is 2. The van der Waals surface area contributed by atoms with Crippen molar-refractivity contribution in [2.45, 2.75) is 25.0 Å². The number of ether oxygens (including phenoxy) is 1. The zero-order chi connectivity index (χ0) is 22.1. The summed E-state index contributed by atoms with van der Waals surface area (Å²) >= 11 is 5.97. The van der Waals surface area contributed by atoms with Crippen LogP contribution < -0.4 is 4.90 Å². The lowest BCUT2D eigenvalue weighted by Gasteiger charge is -2.28. The summed E-state index contributed by atoms with van der Waals surface area (Å²) in [6.45, 7) is 0.962. The number of anilines is 1. The quantitative estimate of drug-likeness (QED) is 0.432. The molecule has 2 unspecified atom stereocenters. The summed E-state index contributed by atoms with van der Waals surface area (Å²) in [7, 11) is 3.89. The molecule has 7 heteroatoms. The Morgan fingerprint density at radius 3 is 2.39 bits per heavy atom. The number of aliphatic hydroxyl groups is 1. The summed E-state index contributed by atoms with van der Waals surface area (Å²) in [5, 5.41) is 11.6. The van der Waals surface area contributed by atoms with Crippen LogP contribution in [0.25, 0.3) is 5.76 Å². The fourth-order valence-corrected chi connectivity index (χ4v) is 4.27. The van der Waals surface area contributed by atoms with Crippen LogP contribution in [0.3, 0.4) is 0 Å². The molecule has 2 saturated heterocycles. The molecule has 2 aliphatic rings. The van der Waals surface area contributed by atoms with Gasteiger partial charge in [-0.1, -0.05) is 23.7 Å². The van der Waals surface area contributed by atoms with Gasteiger partial charge in [-0.05, 0) is 54.8 Å². The van der Waals surface area contributed by atoms with Gasteiger partial charge in [0.15, 0.2) is 0 Å². The molecule has 31 heavy (non-hydrogen) atoms. The van der Waals surface area contributed by atoms with Gasteiger partial charge in [0.05, 0.1) is 17.7 Å². The molecule has 0 bridgehead atoms. The van der Waals surface area contributed by atoms with Crippen LogP contribution in [-0.4, -0.2) is 55.0 Å². The molecule has 2 atom stereocenters. The second kappa shape index (κ2) is 8.73. The highest BCUT2D eigenvalue weighted by Crippen LogP contribution is 2.40. The number of aliphatic hydroxyl groups excluding tert-OH is 1. The first-order chi connectivity index (χ1) is 14.9. The van der Waals surface area contributed by atoms with E-state index in [0.29, 0.717) is 23.7 Å². The highest BCUT2D eigenvalue weighted by atomic mass is 35.5. The van der Waals surface area contributed by atoms with Crippen LogP contribution in [0.1, 0.15) is 30.0 Å². The van der Waals surface area contributed by atoms with Crippen molar-refractivity contribution in [2.75, 3.05) is 32.1 Å². The number of amides is 1. The topological polar surface area (TPSA) is 70.1 Å². The minimum Gasteiger partial charge on any atom is -0.507 e. The SMILES string of the molecule is CN(C)c1ccc(C2/C(=C(/O)c3ccc(Cl)cc3)C(=O)C(=O)N2CC2CCCO2)cc1. The van der Waals surface area contributed by atoms with E-state index in [1.807, 2.05) is 43.3 Å². The monoisotopic (exact) mass is 440 g/mol. The molecule has 1 N–H and O–H groups in total. The predicted molar refractivity (Wildman–Crippen MR) is 120 cm³/mol. The summed E-state index contributed by atoms with van der Waals surface area (Å²) in [5.74, 6) is -1.51. The second-order valence-corrected chi connectivity index (χ2v) is 8.52. The van der Waals surface area contributed by atoms with Crippen molar-refractivity contribution in [3.8, 4) is 0 Å². The Morgan fingerprint density at radius 1 is 1.13 bits per heavy atom. The number of nitrogens with zero attached hydrogens (tertiary/aromatic N) is 2. The molecule has 0 saturated carbocycles. The Balaban J connectivity index is 1.80. The van der Waals surface area contributed by atoms with Gasteiger partial charge in [-0.25, -0.2) is 0 Å². The molecule has 2 heterocycles. The van der Waals surface area contributed by atoms with Gasteiger partial charge >= 0.3 is 0 Å². The van der Waals surface area contributed by atoms with E-state index < -0.39 is 17.7 Å². The number of carbonyl (C=O) groups is 2. The lowest BCUT2D eigenvalue weighted by molar-refractivity contribution is -0.140. The summed E-state index contributed by atoms with van der Waals surface area (Å²) in [6.07, 6.45) is 1.66. The number of Topliss-reactive ketones (excluding diaryl/α,β-unsaturated/α-hetero) is 1. The highest BCUT2D eigenvalue weighted by molar-refractivity contribution is 6.46. The Morgan fingerprint density at radius 2 is 1.81 bits per heavy atom. The van der Waals surface area contributed by atoms with E-state index in [-0.39, 0.29) is 17.4 Å². The van der Waals surface area contributed by atoms with Gasteiger partial charge in [0.25, 0.3) is 11.7 Å². The third-order valence-corrected chi connectivity index (χ3v) is 6.06. The fourth-order valence-electron chi connectivity index (χ4n) is 4.14. The van der Waals surface area contributed by atoms with Crippen molar-refractivity contribution in [1.82, 2.24) is 4.90 Å². The Bertz CT molecular complexity index is 1010. The first kappa shape index (κ1) is 21.4. The van der Waals surface area contributed by atoms with Crippen molar-refractivity contribution < 1.29 is 19.4 Å². The lowest BCUT2D eigenvalue weighted by atomic mass is 9.95. The summed E-state index contributed by atoms with van der Waals surface area (Å²) in [4.78, 5) is 29.5. The van der Waals surface area contributed by atoms with Crippen molar-refractivity contribution in [3.63, 3.8) is 0 Å². The van der Waals surface area contributed by atoms with Gasteiger partial charge in [-0.2, -0.15) is 0 Å². The smallest absolute Gasteiger partial charge is 0.295 e. The Kier molecular flexibility index (Phi) is 6.03. The fraction of sp³-hybridized carbons (Fsp3) is 0.333. The average Bonchev–Trinajstić information content (AvgIpc) is 3.36. The van der Waals surface area contributed by atoms with Crippen molar-refractivity contribution in [3.05, 3.63) is 70.3 Å². The zero-order valence-corrected chi connectivity index (χ0v) is 18.3. The molecule has 1 amide bonds. The predicted octanol–water partition coefficient (Wildman–Crippen LogP) is 4.01. The number of rotatable bonds is 5. The Hall–Kier alpha value is -2.83. The van der Waals surface area contributed by atoms with Crippen LogP contribution in [0.4, 0.5) is 5.69 Å². The molecule has 2 aromatic carbocycles. The van der Waals surface area contributed by atoms with Gasteiger partial charge < -0.3 is 19.6 Å². The number of ketones is 1. The van der Waals surface area contributed by atoms with Crippen molar-refractivity contribution in [1.29, 1.82) is 0 Å². The number of benzene rings is 2. The number of hydrogen-bond donors (Lipinski definition) is 1. The van der Waals surface area contributed by atoms with E-state index in [0.717, 1.165) is 24.1 Å². The molecule has 0 aromatic heterocycles. The van der Waals surface area contributed by atoms with Crippen LogP contribution in [-0.2, 0) is 14.3 Å². The third-order valence-electron chi connectivity index (χ3n) is 5.81. The highest BCUT2D eigenvalue weighted by Gasteiger charge is 2.47. The number of halogens is 1. The maximum Gasteiger partial charge on any atom is 0.295 e. The molecule has 6 nitrogen and oxygen atoms in total. The van der Waals surface area contributed by atoms with Gasteiger partial charge in [0.2, 0.25) is 0 Å². The summed E-state index contributed by atoms with van der Waals surface area (Å²) in [5.41, 5.74) is 2.29. The molecule has 0 spiro atoms. The first-order valence-corrected chi connectivity index (χ1v) is 10.7. The standard InChI is InChI=1S/C24H25ClN2O4/c1-26(2)18-11-7-15(8-12-18)21-20(22(28)16-5-9-17(25)10-6-16)23(29)24(30)27(21)14-19-4-3-13-31-19/h5-12,19,21,28H,3-4,13-14H2,1-2H3/b22-20-. The normalized spacial score (nSPS) is 22.9. The molecule has 0 aliphatic carbocycles. The second-order valence-electron chi connectivity index (χ2n) is 8.08. The van der Waals surface area contributed by atoms with E-state index >= 15 is 0 Å². The largest absolute Gasteiger partial charge is 0.507 e. The van der Waals surface area contributed by atoms with Crippen molar-refractivity contribution >= 4 is 34.7 Å². The maximum absolute atomic E-state index is 13.0. The molecule has 2 aromatic rings. The van der Waals surface area contributed by atoms with Crippen LogP contribution >= 0.6 is 11.6 Å². The summed E-state index contributed by atoms with van der Waals surface area (Å²) in [6, 6.07) is 13.5. The molecular formula is C24H25ClN2O4. The molecule has 2 aliphatic heterocycles. The number of likely N-dealkylation sites (tertiary alicyclic amines) is 1. The van der Waals surface area contributed by atoms with Crippen LogP contribution in [0.2, 0.25) is 5.02 Å². The van der Waals surface area contributed by atoms with Gasteiger partial charge in [-0.3, -0.25) is 9.59 Å². The van der Waals surface area contributed by atoms with E-state index in [4.69, 9.17) is 16.3 Å². The molecule has 4 rings (SSSR count). The van der Waals surface area contributed by atoms with Crippen LogP contribution in [0.15, 0.2) is 54.1 Å². The molecule has 162 valence electrons. The molecule has 0 radical (unpaired) electrons. The van der Waals surface area contributed by atoms with Gasteiger partial charge in [-0.15, -0.1) is 0 Å². The Labute approximate surface area is 186 Å². The maximum atomic E-state index is 13.0. The van der Waals surface area contributed by atoms with Crippen LogP contribution in [0.5, 0.6) is 0 Å². The molecular weight excluding hydrogens is 416 g/mol. The van der Waals surface area contributed by atoms with E-state index in [2.05, 4.69) is 0 Å². The van der Waals surface area contributed by atoms with Gasteiger partial charge in [0.1, 0.15) is 5.76 Å². The van der Waals surface area contributed by atoms with E-state index in [1.54, 1.807) is 24.3 Å². The average molecular weight is 441 g/mol. The van der Waals surface area contributed by atoms with Gasteiger partial charge in [0, 0.05) is 43.5 Å². The van der Waals surface area contributed by atoms with Crippen molar-refractivity contribution in [2.24, 2.45) is 0 Å². The summed E-state index contributed by atoms with van der Waals surface area (Å²) < 4.78 is 5.72. The number of hydrogen-bond acceptors (Lipinski definition) is 5. The minimum atomic E-state index is -0.688. The zero-order valence-electron chi connectivity index (χ0n) is 17.5. The lowest BCUT2D eigenvalue weighted by Crippen LogP contribution is -2.36. The first-order valence-electron chi connectivity index (χ1n) is 10.3. The molecule has 2 fully saturated rings. The van der Waals surface area contributed by atoms with Crippen LogP contribution in [0, 0.1) is 0 Å². The van der Waals surface area contributed by atoms with E-state index in [9.17, 15) is 14.7 Å². The van der Waals surface area contributed by atoms with E-state index in [1.165, 1.54) is 4.90 Å². The minimum absolute atomic E-state index is 0.0860.